The second-order valence-electron chi connectivity index (χ2n) is 7.89. The second kappa shape index (κ2) is 7.96. The van der Waals surface area contributed by atoms with Crippen LogP contribution < -0.4 is 5.32 Å². The topological polar surface area (TPSA) is 89.4 Å². The van der Waals surface area contributed by atoms with Crippen molar-refractivity contribution in [2.75, 3.05) is 18.4 Å². The third kappa shape index (κ3) is 3.70. The van der Waals surface area contributed by atoms with Gasteiger partial charge in [-0.25, -0.2) is 4.98 Å². The quantitative estimate of drug-likeness (QED) is 0.707. The molecule has 2 aliphatic rings. The van der Waals surface area contributed by atoms with Crippen molar-refractivity contribution in [3.8, 4) is 0 Å². The van der Waals surface area contributed by atoms with Gasteiger partial charge in [0.15, 0.2) is 6.10 Å². The first-order chi connectivity index (χ1) is 15.1. The molecule has 0 radical (unpaired) electrons. The van der Waals surface area contributed by atoms with Gasteiger partial charge in [0, 0.05) is 62.0 Å². The summed E-state index contributed by atoms with van der Waals surface area (Å²) in [7, 11) is 0. The van der Waals surface area contributed by atoms with Gasteiger partial charge in [-0.15, -0.1) is 0 Å². The number of ether oxygens (including phenoxy) is 1. The molecule has 8 heteroatoms. The smallest absolute Gasteiger partial charge is 0.255 e. The van der Waals surface area contributed by atoms with Crippen LogP contribution in [0.4, 0.5) is 5.69 Å². The molecule has 2 aromatic heterocycles. The first-order valence-corrected chi connectivity index (χ1v) is 10.4. The molecule has 0 saturated carbocycles. The summed E-state index contributed by atoms with van der Waals surface area (Å²) in [6, 6.07) is 12.8. The van der Waals surface area contributed by atoms with E-state index in [9.17, 15) is 9.59 Å². The number of para-hydroxylation sites is 1. The molecule has 5 rings (SSSR count). The van der Waals surface area contributed by atoms with Gasteiger partial charge >= 0.3 is 0 Å². The van der Waals surface area contributed by atoms with Gasteiger partial charge < -0.3 is 19.5 Å². The third-order valence-electron chi connectivity index (χ3n) is 5.97. The maximum absolute atomic E-state index is 12.9. The van der Waals surface area contributed by atoms with Gasteiger partial charge in [0.1, 0.15) is 11.4 Å². The first kappa shape index (κ1) is 19.4. The molecule has 3 aromatic rings. The van der Waals surface area contributed by atoms with E-state index in [2.05, 4.69) is 15.3 Å². The largest absolute Gasteiger partial charge is 0.352 e. The normalized spacial score (nSPS) is 19.6. The van der Waals surface area contributed by atoms with Gasteiger partial charge in [0.2, 0.25) is 0 Å². The lowest BCUT2D eigenvalue weighted by molar-refractivity contribution is -0.168. The average Bonchev–Trinajstić information content (AvgIpc) is 3.30. The number of likely N-dealkylation sites (tertiary alicyclic amines) is 1. The summed E-state index contributed by atoms with van der Waals surface area (Å²) in [6.07, 6.45) is 7.39. The van der Waals surface area contributed by atoms with E-state index in [4.69, 9.17) is 4.74 Å². The number of hydrogen-bond donors (Lipinski definition) is 1. The number of hydrogen-bond acceptors (Lipinski definition) is 5. The van der Waals surface area contributed by atoms with E-state index in [0.717, 1.165) is 11.5 Å². The van der Waals surface area contributed by atoms with Crippen LogP contribution in [0.15, 0.2) is 67.3 Å². The minimum absolute atomic E-state index is 0.0187. The van der Waals surface area contributed by atoms with Crippen LogP contribution in [0.25, 0.3) is 0 Å². The standard InChI is InChI=1S/C23H23N5O3/c29-20(26-18-4-2-1-3-5-18)19-16-28-15-12-25-22(28)23(31-19)8-13-27(14-9-23)21(30)17-6-10-24-11-7-17/h1-7,10-12,15,19H,8-9,13-14,16H2,(H,26,29)/t19-/m0/s1. The Morgan fingerprint density at radius 1 is 1.03 bits per heavy atom. The number of pyridine rings is 1. The maximum atomic E-state index is 12.9. The molecule has 1 aromatic carbocycles. The van der Waals surface area contributed by atoms with Gasteiger partial charge in [-0.1, -0.05) is 18.2 Å². The Labute approximate surface area is 179 Å². The maximum Gasteiger partial charge on any atom is 0.255 e. The molecule has 0 aliphatic carbocycles. The molecular weight excluding hydrogens is 394 g/mol. The van der Waals surface area contributed by atoms with Crippen LogP contribution in [0.2, 0.25) is 0 Å². The summed E-state index contributed by atoms with van der Waals surface area (Å²) in [5.41, 5.74) is 0.673. The van der Waals surface area contributed by atoms with Crippen LogP contribution in [0.5, 0.6) is 0 Å². The van der Waals surface area contributed by atoms with Crippen molar-refractivity contribution in [3.63, 3.8) is 0 Å². The number of fused-ring (bicyclic) bond motifs is 2. The second-order valence-corrected chi connectivity index (χ2v) is 7.89. The van der Waals surface area contributed by atoms with Crippen molar-refractivity contribution < 1.29 is 14.3 Å². The number of nitrogens with one attached hydrogen (secondary N) is 1. The molecule has 0 bridgehead atoms. The highest BCUT2D eigenvalue weighted by Crippen LogP contribution is 2.40. The number of amides is 2. The fraction of sp³-hybridized carbons (Fsp3) is 0.304. The molecule has 2 aliphatic heterocycles. The van der Waals surface area contributed by atoms with Crippen LogP contribution in [-0.2, 0) is 21.7 Å². The molecule has 8 nitrogen and oxygen atoms in total. The van der Waals surface area contributed by atoms with Crippen molar-refractivity contribution >= 4 is 17.5 Å². The Balaban J connectivity index is 1.33. The van der Waals surface area contributed by atoms with Gasteiger partial charge in [0.05, 0.1) is 6.54 Å². The highest BCUT2D eigenvalue weighted by atomic mass is 16.5. The van der Waals surface area contributed by atoms with Crippen molar-refractivity contribution in [2.24, 2.45) is 0 Å². The summed E-state index contributed by atoms with van der Waals surface area (Å²) >= 11 is 0. The molecular formula is C23H23N5O3. The number of anilines is 1. The van der Waals surface area contributed by atoms with Crippen LogP contribution in [0, 0.1) is 0 Å². The van der Waals surface area contributed by atoms with E-state index < -0.39 is 11.7 Å². The predicted octanol–water partition coefficient (Wildman–Crippen LogP) is 2.45. The number of aromatic nitrogens is 3. The van der Waals surface area contributed by atoms with Crippen LogP contribution in [0.3, 0.4) is 0 Å². The van der Waals surface area contributed by atoms with Gasteiger partial charge in [-0.3, -0.25) is 14.6 Å². The van der Waals surface area contributed by atoms with Crippen molar-refractivity contribution in [3.05, 3.63) is 78.6 Å². The monoisotopic (exact) mass is 417 g/mol. The summed E-state index contributed by atoms with van der Waals surface area (Å²) in [5, 5.41) is 2.94. The Morgan fingerprint density at radius 2 is 1.77 bits per heavy atom. The number of piperidine rings is 1. The molecule has 0 unspecified atom stereocenters. The molecule has 1 atom stereocenters. The van der Waals surface area contributed by atoms with Crippen molar-refractivity contribution in [2.45, 2.75) is 31.1 Å². The molecule has 1 fully saturated rings. The Kier molecular flexibility index (Phi) is 4.99. The minimum Gasteiger partial charge on any atom is -0.352 e. The number of carbonyl (C=O) groups excluding carboxylic acids is 2. The lowest BCUT2D eigenvalue weighted by atomic mass is 9.88. The fourth-order valence-corrected chi connectivity index (χ4v) is 4.37. The van der Waals surface area contributed by atoms with E-state index in [1.165, 1.54) is 0 Å². The van der Waals surface area contributed by atoms with E-state index in [1.807, 2.05) is 46.0 Å². The fourth-order valence-electron chi connectivity index (χ4n) is 4.37. The highest BCUT2D eigenvalue weighted by molar-refractivity contribution is 5.94. The summed E-state index contributed by atoms with van der Waals surface area (Å²) in [6.45, 7) is 1.47. The number of carbonyl (C=O) groups is 2. The van der Waals surface area contributed by atoms with Crippen LogP contribution in [0.1, 0.15) is 29.0 Å². The summed E-state index contributed by atoms with van der Waals surface area (Å²) in [4.78, 5) is 36.1. The Bertz CT molecular complexity index is 1070. The summed E-state index contributed by atoms with van der Waals surface area (Å²) < 4.78 is 8.42. The Morgan fingerprint density at radius 3 is 2.52 bits per heavy atom. The third-order valence-corrected chi connectivity index (χ3v) is 5.97. The van der Waals surface area contributed by atoms with Gasteiger partial charge in [0.25, 0.3) is 11.8 Å². The lowest BCUT2D eigenvalue weighted by Gasteiger charge is -2.45. The Hall–Kier alpha value is -3.52. The van der Waals surface area contributed by atoms with Crippen molar-refractivity contribution in [1.29, 1.82) is 0 Å². The molecule has 4 heterocycles. The van der Waals surface area contributed by atoms with Gasteiger partial charge in [-0.05, 0) is 24.3 Å². The zero-order valence-electron chi connectivity index (χ0n) is 17.0. The van der Waals surface area contributed by atoms with E-state index in [-0.39, 0.29) is 11.8 Å². The number of benzene rings is 1. The lowest BCUT2D eigenvalue weighted by Crippen LogP contribution is -2.54. The highest BCUT2D eigenvalue weighted by Gasteiger charge is 2.47. The van der Waals surface area contributed by atoms with Crippen molar-refractivity contribution in [1.82, 2.24) is 19.4 Å². The average molecular weight is 417 g/mol. The molecule has 1 spiro atoms. The number of rotatable bonds is 3. The minimum atomic E-state index is -0.685. The predicted molar refractivity (Wildman–Crippen MR) is 113 cm³/mol. The molecule has 2 amide bonds. The molecule has 1 N–H and O–H groups in total. The molecule has 31 heavy (non-hydrogen) atoms. The van der Waals surface area contributed by atoms with E-state index in [0.29, 0.717) is 38.0 Å². The van der Waals surface area contributed by atoms with E-state index in [1.54, 1.807) is 30.7 Å². The number of nitrogens with zero attached hydrogens (tertiary/aromatic N) is 4. The zero-order chi connectivity index (χ0) is 21.3. The molecule has 1 saturated heterocycles. The first-order valence-electron chi connectivity index (χ1n) is 10.4. The van der Waals surface area contributed by atoms with E-state index >= 15 is 0 Å². The zero-order valence-corrected chi connectivity index (χ0v) is 17.0. The van der Waals surface area contributed by atoms with Crippen LogP contribution >= 0.6 is 0 Å². The number of imidazole rings is 1. The molecule has 158 valence electrons. The van der Waals surface area contributed by atoms with Gasteiger partial charge in [-0.2, -0.15) is 0 Å². The van der Waals surface area contributed by atoms with Crippen LogP contribution in [-0.4, -0.2) is 50.4 Å². The summed E-state index contributed by atoms with van der Waals surface area (Å²) in [5.74, 6) is 0.627. The SMILES string of the molecule is O=C(Nc1ccccc1)[C@@H]1Cn2ccnc2C2(CCN(C(=O)c3ccncc3)CC2)O1.